The van der Waals surface area contributed by atoms with E-state index in [9.17, 15) is 13.2 Å². The maximum absolute atomic E-state index is 12.3. The SMILES string of the molecule is Cn1nc(C2=NC(c3ccc(-c4ccc(OCC(F)(F)F)nc4)cc3)CO2)c2c1CCCC2. The molecule has 9 heteroatoms. The molecule has 5 rings (SSSR count). The first-order chi connectivity index (χ1) is 15.9. The van der Waals surface area contributed by atoms with Crippen LogP contribution in [0.15, 0.2) is 47.6 Å². The number of aromatic nitrogens is 3. The van der Waals surface area contributed by atoms with Gasteiger partial charge in [-0.15, -0.1) is 0 Å². The number of nitrogens with zero attached hydrogens (tertiary/aromatic N) is 4. The van der Waals surface area contributed by atoms with E-state index in [0.29, 0.717) is 12.5 Å². The molecule has 0 fully saturated rings. The smallest absolute Gasteiger partial charge is 0.422 e. The van der Waals surface area contributed by atoms with Gasteiger partial charge in [0, 0.05) is 36.1 Å². The van der Waals surface area contributed by atoms with Crippen molar-refractivity contribution in [2.45, 2.75) is 37.9 Å². The van der Waals surface area contributed by atoms with Crippen LogP contribution in [0.5, 0.6) is 5.88 Å². The molecular formula is C24H23F3N4O2. The van der Waals surface area contributed by atoms with Crippen LogP contribution >= 0.6 is 0 Å². The van der Waals surface area contributed by atoms with E-state index in [1.54, 1.807) is 6.07 Å². The second-order valence-electron chi connectivity index (χ2n) is 8.28. The van der Waals surface area contributed by atoms with Gasteiger partial charge in [0.1, 0.15) is 12.6 Å². The summed E-state index contributed by atoms with van der Waals surface area (Å²) in [6, 6.07) is 10.9. The summed E-state index contributed by atoms with van der Waals surface area (Å²) in [5.74, 6) is 0.552. The Balaban J connectivity index is 1.29. The summed E-state index contributed by atoms with van der Waals surface area (Å²) < 4.78 is 49.4. The Morgan fingerprint density at radius 3 is 2.55 bits per heavy atom. The Morgan fingerprint density at radius 1 is 1.06 bits per heavy atom. The van der Waals surface area contributed by atoms with Crippen LogP contribution in [0.2, 0.25) is 0 Å². The van der Waals surface area contributed by atoms with Crippen molar-refractivity contribution in [3.05, 3.63) is 65.1 Å². The third-order valence-corrected chi connectivity index (χ3v) is 5.97. The van der Waals surface area contributed by atoms with Crippen LogP contribution in [-0.4, -0.2) is 40.1 Å². The molecule has 3 aromatic rings. The first-order valence-corrected chi connectivity index (χ1v) is 10.9. The second-order valence-corrected chi connectivity index (χ2v) is 8.28. The summed E-state index contributed by atoms with van der Waals surface area (Å²) in [5.41, 5.74) is 6.11. The van der Waals surface area contributed by atoms with E-state index < -0.39 is 12.8 Å². The number of fused-ring (bicyclic) bond motifs is 1. The fourth-order valence-electron chi connectivity index (χ4n) is 4.31. The number of halogens is 3. The van der Waals surface area contributed by atoms with Crippen molar-refractivity contribution in [2.75, 3.05) is 13.2 Å². The molecule has 33 heavy (non-hydrogen) atoms. The number of rotatable bonds is 5. The fourth-order valence-corrected chi connectivity index (χ4v) is 4.31. The molecule has 172 valence electrons. The number of hydrogen-bond donors (Lipinski definition) is 0. The largest absolute Gasteiger partial charge is 0.474 e. The summed E-state index contributed by atoms with van der Waals surface area (Å²) in [7, 11) is 1.98. The first-order valence-electron chi connectivity index (χ1n) is 10.9. The van der Waals surface area contributed by atoms with Crippen molar-refractivity contribution in [2.24, 2.45) is 12.0 Å². The number of aliphatic imine (C=N–C) groups is 1. The summed E-state index contributed by atoms with van der Waals surface area (Å²) in [6.45, 7) is -0.895. The highest BCUT2D eigenvalue weighted by atomic mass is 19.4. The van der Waals surface area contributed by atoms with Crippen molar-refractivity contribution >= 4 is 5.90 Å². The normalized spacial score (nSPS) is 17.9. The third kappa shape index (κ3) is 4.58. The standard InChI is InChI=1S/C24H23F3N4O2/c1-31-20-5-3-2-4-18(20)22(30-31)23-29-19(13-32-23)16-8-6-15(7-9-16)17-10-11-21(28-12-17)33-14-24(25,26)27/h6-12,19H,2-5,13-14H2,1H3. The molecule has 0 bridgehead atoms. The monoisotopic (exact) mass is 456 g/mol. The lowest BCUT2D eigenvalue weighted by Crippen LogP contribution is -2.19. The zero-order valence-electron chi connectivity index (χ0n) is 18.1. The zero-order chi connectivity index (χ0) is 23.0. The Morgan fingerprint density at radius 2 is 1.82 bits per heavy atom. The Bertz CT molecular complexity index is 1170. The Kier molecular flexibility index (Phi) is 5.55. The van der Waals surface area contributed by atoms with E-state index in [1.165, 1.54) is 29.9 Å². The van der Waals surface area contributed by atoms with Gasteiger partial charge in [0.15, 0.2) is 12.3 Å². The molecule has 0 saturated heterocycles. The van der Waals surface area contributed by atoms with Crippen LogP contribution < -0.4 is 4.74 Å². The van der Waals surface area contributed by atoms with Crippen LogP contribution in [0.4, 0.5) is 13.2 Å². The summed E-state index contributed by atoms with van der Waals surface area (Å²) in [6.07, 6.45) is 1.51. The molecule has 1 unspecified atom stereocenters. The van der Waals surface area contributed by atoms with Crippen molar-refractivity contribution in [1.29, 1.82) is 0 Å². The van der Waals surface area contributed by atoms with Gasteiger partial charge in [0.05, 0.1) is 0 Å². The van der Waals surface area contributed by atoms with Gasteiger partial charge >= 0.3 is 6.18 Å². The van der Waals surface area contributed by atoms with Gasteiger partial charge in [-0.25, -0.2) is 9.98 Å². The van der Waals surface area contributed by atoms with Crippen molar-refractivity contribution in [3.8, 4) is 17.0 Å². The van der Waals surface area contributed by atoms with E-state index in [0.717, 1.165) is 41.6 Å². The maximum atomic E-state index is 12.3. The Labute approximate surface area is 189 Å². The number of aryl methyl sites for hydroxylation is 1. The molecule has 2 aliphatic rings. The van der Waals surface area contributed by atoms with Crippen LogP contribution in [0.25, 0.3) is 11.1 Å². The van der Waals surface area contributed by atoms with Crippen molar-refractivity contribution in [1.82, 2.24) is 14.8 Å². The van der Waals surface area contributed by atoms with Crippen LogP contribution in [0.3, 0.4) is 0 Å². The summed E-state index contributed by atoms with van der Waals surface area (Å²) in [4.78, 5) is 8.77. The van der Waals surface area contributed by atoms with E-state index >= 15 is 0 Å². The number of ether oxygens (including phenoxy) is 2. The molecule has 1 aliphatic heterocycles. The van der Waals surface area contributed by atoms with Gasteiger partial charge in [-0.2, -0.15) is 18.3 Å². The molecule has 1 aromatic carbocycles. The minimum Gasteiger partial charge on any atom is -0.474 e. The summed E-state index contributed by atoms with van der Waals surface area (Å²) >= 11 is 0. The molecule has 0 radical (unpaired) electrons. The van der Waals surface area contributed by atoms with Gasteiger partial charge in [-0.1, -0.05) is 24.3 Å². The highest BCUT2D eigenvalue weighted by Gasteiger charge is 2.29. The lowest BCUT2D eigenvalue weighted by atomic mass is 9.95. The van der Waals surface area contributed by atoms with E-state index in [2.05, 4.69) is 14.8 Å². The highest BCUT2D eigenvalue weighted by Crippen LogP contribution is 2.31. The molecule has 0 amide bonds. The van der Waals surface area contributed by atoms with Crippen LogP contribution in [0.1, 0.15) is 41.4 Å². The number of pyridine rings is 1. The quantitative estimate of drug-likeness (QED) is 0.552. The van der Waals surface area contributed by atoms with Gasteiger partial charge < -0.3 is 9.47 Å². The van der Waals surface area contributed by atoms with Gasteiger partial charge in [0.25, 0.3) is 0 Å². The third-order valence-electron chi connectivity index (χ3n) is 5.97. The second kappa shape index (κ2) is 8.53. The molecule has 3 heterocycles. The van der Waals surface area contributed by atoms with Crippen LogP contribution in [-0.2, 0) is 24.6 Å². The molecule has 6 nitrogen and oxygen atoms in total. The fraction of sp³-hybridized carbons (Fsp3) is 0.375. The number of hydrogen-bond acceptors (Lipinski definition) is 5. The topological polar surface area (TPSA) is 61.5 Å². The molecule has 0 saturated carbocycles. The maximum Gasteiger partial charge on any atom is 0.422 e. The number of alkyl halides is 3. The van der Waals surface area contributed by atoms with Crippen LogP contribution in [0, 0.1) is 0 Å². The molecule has 2 aromatic heterocycles. The Hall–Kier alpha value is -3.36. The average molecular weight is 456 g/mol. The lowest BCUT2D eigenvalue weighted by Gasteiger charge is -2.12. The minimum absolute atomic E-state index is 0.0608. The van der Waals surface area contributed by atoms with Gasteiger partial charge in [0.2, 0.25) is 11.8 Å². The molecule has 0 spiro atoms. The molecular weight excluding hydrogens is 433 g/mol. The van der Waals surface area contributed by atoms with Gasteiger partial charge in [-0.05, 0) is 42.9 Å². The molecule has 0 N–H and O–H groups in total. The lowest BCUT2D eigenvalue weighted by molar-refractivity contribution is -0.154. The molecule has 1 atom stereocenters. The van der Waals surface area contributed by atoms with Gasteiger partial charge in [-0.3, -0.25) is 4.68 Å². The predicted molar refractivity (Wildman–Crippen MR) is 116 cm³/mol. The molecule has 1 aliphatic carbocycles. The van der Waals surface area contributed by atoms with Crippen molar-refractivity contribution in [3.63, 3.8) is 0 Å². The van der Waals surface area contributed by atoms with Crippen molar-refractivity contribution < 1.29 is 22.6 Å². The van der Waals surface area contributed by atoms with E-state index in [4.69, 9.17) is 9.73 Å². The zero-order valence-corrected chi connectivity index (χ0v) is 18.1. The average Bonchev–Trinajstić information content (AvgIpc) is 3.43. The first kappa shape index (κ1) is 21.5. The van der Waals surface area contributed by atoms with E-state index in [-0.39, 0.29) is 11.9 Å². The number of benzene rings is 1. The van der Waals surface area contributed by atoms with E-state index in [1.807, 2.05) is 36.0 Å². The minimum atomic E-state index is -4.39. The predicted octanol–water partition coefficient (Wildman–Crippen LogP) is 4.82. The highest BCUT2D eigenvalue weighted by molar-refractivity contribution is 5.95. The summed E-state index contributed by atoms with van der Waals surface area (Å²) in [5, 5.41) is 4.67.